The van der Waals surface area contributed by atoms with Crippen LogP contribution in [0.1, 0.15) is 12.8 Å². The van der Waals surface area contributed by atoms with Gasteiger partial charge in [-0.05, 0) is 25.0 Å². The smallest absolute Gasteiger partial charge is 0.142 e. The standard InChI is InChI=1S/C15H21NO3/c17-11-15(6-9-18-12-15)10-16-7-3-8-19-14-5-2-1-4-13(14)16/h1-2,4-5,17H,3,6-12H2. The minimum atomic E-state index is -0.114. The zero-order valence-corrected chi connectivity index (χ0v) is 11.2. The summed E-state index contributed by atoms with van der Waals surface area (Å²) in [6.45, 7) is 4.17. The van der Waals surface area contributed by atoms with Crippen LogP contribution in [-0.4, -0.2) is 44.6 Å². The lowest BCUT2D eigenvalue weighted by molar-refractivity contribution is 0.0978. The van der Waals surface area contributed by atoms with Crippen molar-refractivity contribution in [2.75, 3.05) is 44.4 Å². The minimum absolute atomic E-state index is 0.114. The Morgan fingerprint density at radius 1 is 1.26 bits per heavy atom. The molecule has 2 aliphatic rings. The molecule has 3 rings (SSSR count). The van der Waals surface area contributed by atoms with Gasteiger partial charge in [0.05, 0.1) is 25.5 Å². The Morgan fingerprint density at radius 2 is 2.16 bits per heavy atom. The lowest BCUT2D eigenvalue weighted by Gasteiger charge is -2.33. The van der Waals surface area contributed by atoms with Gasteiger partial charge in [0.25, 0.3) is 0 Å². The maximum absolute atomic E-state index is 9.73. The summed E-state index contributed by atoms with van der Waals surface area (Å²) in [4.78, 5) is 2.34. The first-order valence-corrected chi connectivity index (χ1v) is 6.98. The SMILES string of the molecule is OCC1(CN2CCCOc3ccccc32)CCOC1. The normalized spacial score (nSPS) is 26.7. The van der Waals surface area contributed by atoms with Gasteiger partial charge in [-0.2, -0.15) is 0 Å². The van der Waals surface area contributed by atoms with Crippen molar-refractivity contribution < 1.29 is 14.6 Å². The quantitative estimate of drug-likeness (QED) is 0.901. The Morgan fingerprint density at radius 3 is 2.95 bits per heavy atom. The molecule has 1 fully saturated rings. The van der Waals surface area contributed by atoms with Gasteiger partial charge in [0.1, 0.15) is 5.75 Å². The fraction of sp³-hybridized carbons (Fsp3) is 0.600. The number of hydrogen-bond donors (Lipinski definition) is 1. The van der Waals surface area contributed by atoms with Crippen LogP contribution >= 0.6 is 0 Å². The van der Waals surface area contributed by atoms with Crippen molar-refractivity contribution in [3.63, 3.8) is 0 Å². The Kier molecular flexibility index (Phi) is 3.62. The van der Waals surface area contributed by atoms with Crippen LogP contribution in [0, 0.1) is 5.41 Å². The Labute approximate surface area is 113 Å². The number of anilines is 1. The van der Waals surface area contributed by atoms with Gasteiger partial charge >= 0.3 is 0 Å². The van der Waals surface area contributed by atoms with Crippen molar-refractivity contribution in [2.45, 2.75) is 12.8 Å². The first-order valence-electron chi connectivity index (χ1n) is 6.98. The third-order valence-corrected chi connectivity index (χ3v) is 4.08. The fourth-order valence-corrected chi connectivity index (χ4v) is 2.92. The van der Waals surface area contributed by atoms with Crippen LogP contribution in [0.25, 0.3) is 0 Å². The lowest BCUT2D eigenvalue weighted by atomic mass is 9.87. The summed E-state index contributed by atoms with van der Waals surface area (Å²) in [6.07, 6.45) is 1.94. The second-order valence-corrected chi connectivity index (χ2v) is 5.55. The maximum atomic E-state index is 9.73. The molecule has 0 aromatic heterocycles. The molecule has 1 atom stereocenters. The molecule has 1 aromatic rings. The number of para-hydroxylation sites is 2. The van der Waals surface area contributed by atoms with Gasteiger partial charge in [-0.15, -0.1) is 0 Å². The van der Waals surface area contributed by atoms with E-state index in [1.807, 2.05) is 18.2 Å². The summed E-state index contributed by atoms with van der Waals surface area (Å²) in [5.41, 5.74) is 1.02. The summed E-state index contributed by atoms with van der Waals surface area (Å²) in [5.74, 6) is 0.951. The van der Waals surface area contributed by atoms with E-state index in [4.69, 9.17) is 9.47 Å². The second kappa shape index (κ2) is 5.39. The zero-order valence-electron chi connectivity index (χ0n) is 11.2. The van der Waals surface area contributed by atoms with Crippen LogP contribution in [0.5, 0.6) is 5.75 Å². The van der Waals surface area contributed by atoms with E-state index in [1.54, 1.807) is 0 Å². The van der Waals surface area contributed by atoms with Gasteiger partial charge in [0, 0.05) is 25.1 Å². The molecule has 1 saturated heterocycles. The molecule has 0 amide bonds. The molecule has 19 heavy (non-hydrogen) atoms. The van der Waals surface area contributed by atoms with E-state index >= 15 is 0 Å². The Balaban J connectivity index is 1.84. The number of ether oxygens (including phenoxy) is 2. The number of fused-ring (bicyclic) bond motifs is 1. The molecular weight excluding hydrogens is 242 g/mol. The van der Waals surface area contributed by atoms with E-state index in [-0.39, 0.29) is 12.0 Å². The molecule has 0 spiro atoms. The molecule has 104 valence electrons. The third kappa shape index (κ3) is 2.55. The summed E-state index contributed by atoms with van der Waals surface area (Å²) in [7, 11) is 0. The fourth-order valence-electron chi connectivity index (χ4n) is 2.92. The van der Waals surface area contributed by atoms with Crippen LogP contribution in [0.3, 0.4) is 0 Å². The van der Waals surface area contributed by atoms with Gasteiger partial charge in [0.15, 0.2) is 0 Å². The molecule has 0 saturated carbocycles. The van der Waals surface area contributed by atoms with E-state index < -0.39 is 0 Å². The number of nitrogens with zero attached hydrogens (tertiary/aromatic N) is 1. The first kappa shape index (κ1) is 12.8. The van der Waals surface area contributed by atoms with Crippen LogP contribution < -0.4 is 9.64 Å². The molecule has 2 aliphatic heterocycles. The third-order valence-electron chi connectivity index (χ3n) is 4.08. The molecule has 4 heteroatoms. The molecular formula is C15H21NO3. The van der Waals surface area contributed by atoms with Crippen molar-refractivity contribution in [1.82, 2.24) is 0 Å². The van der Waals surface area contributed by atoms with E-state index in [0.717, 1.165) is 50.6 Å². The molecule has 1 aromatic carbocycles. The summed E-state index contributed by atoms with van der Waals surface area (Å²) in [5, 5.41) is 9.73. The lowest BCUT2D eigenvalue weighted by Crippen LogP contribution is -2.41. The predicted octanol–water partition coefficient (Wildman–Crippen LogP) is 1.67. The molecule has 1 N–H and O–H groups in total. The molecule has 4 nitrogen and oxygen atoms in total. The van der Waals surface area contributed by atoms with Gasteiger partial charge in [-0.25, -0.2) is 0 Å². The molecule has 1 unspecified atom stereocenters. The predicted molar refractivity (Wildman–Crippen MR) is 73.7 cm³/mol. The Hall–Kier alpha value is -1.26. The van der Waals surface area contributed by atoms with Gasteiger partial charge in [-0.3, -0.25) is 0 Å². The topological polar surface area (TPSA) is 41.9 Å². The zero-order chi connectivity index (χ0) is 13.1. The van der Waals surface area contributed by atoms with E-state index in [9.17, 15) is 5.11 Å². The Bertz CT molecular complexity index is 429. The summed E-state index contributed by atoms with van der Waals surface area (Å²) in [6, 6.07) is 8.16. The van der Waals surface area contributed by atoms with E-state index in [1.165, 1.54) is 0 Å². The average Bonchev–Trinajstić information content (AvgIpc) is 2.83. The average molecular weight is 263 g/mol. The highest BCUT2D eigenvalue weighted by molar-refractivity contribution is 5.59. The highest BCUT2D eigenvalue weighted by atomic mass is 16.5. The highest BCUT2D eigenvalue weighted by Crippen LogP contribution is 2.35. The van der Waals surface area contributed by atoms with Crippen LogP contribution in [0.4, 0.5) is 5.69 Å². The van der Waals surface area contributed by atoms with Crippen molar-refractivity contribution in [2.24, 2.45) is 5.41 Å². The number of benzene rings is 1. The largest absolute Gasteiger partial charge is 0.491 e. The van der Waals surface area contributed by atoms with Crippen LogP contribution in [0.15, 0.2) is 24.3 Å². The van der Waals surface area contributed by atoms with Crippen molar-refractivity contribution in [1.29, 1.82) is 0 Å². The maximum Gasteiger partial charge on any atom is 0.142 e. The minimum Gasteiger partial charge on any atom is -0.491 e. The molecule has 0 bridgehead atoms. The van der Waals surface area contributed by atoms with Crippen LogP contribution in [0.2, 0.25) is 0 Å². The number of hydrogen-bond acceptors (Lipinski definition) is 4. The van der Waals surface area contributed by atoms with Crippen molar-refractivity contribution in [3.05, 3.63) is 24.3 Å². The number of aliphatic hydroxyl groups is 1. The highest BCUT2D eigenvalue weighted by Gasteiger charge is 2.37. The van der Waals surface area contributed by atoms with E-state index in [2.05, 4.69) is 11.0 Å². The number of aliphatic hydroxyl groups excluding tert-OH is 1. The monoisotopic (exact) mass is 263 g/mol. The first-order chi connectivity index (χ1) is 9.33. The summed E-state index contributed by atoms with van der Waals surface area (Å²) < 4.78 is 11.3. The van der Waals surface area contributed by atoms with Crippen molar-refractivity contribution in [3.8, 4) is 5.75 Å². The molecule has 0 radical (unpaired) electrons. The summed E-state index contributed by atoms with van der Waals surface area (Å²) >= 11 is 0. The van der Waals surface area contributed by atoms with Crippen LogP contribution in [-0.2, 0) is 4.74 Å². The number of rotatable bonds is 3. The second-order valence-electron chi connectivity index (χ2n) is 5.55. The van der Waals surface area contributed by atoms with Gasteiger partial charge < -0.3 is 19.5 Å². The van der Waals surface area contributed by atoms with Gasteiger partial charge in [0.2, 0.25) is 0 Å². The van der Waals surface area contributed by atoms with Crippen molar-refractivity contribution >= 4 is 5.69 Å². The van der Waals surface area contributed by atoms with Gasteiger partial charge in [-0.1, -0.05) is 12.1 Å². The van der Waals surface area contributed by atoms with E-state index in [0.29, 0.717) is 6.61 Å². The molecule has 2 heterocycles. The molecule has 0 aliphatic carbocycles.